The SMILES string of the molecule is CC1(n2cc(C=O)cn2)CCN(c2ncccc2F)CC1. The van der Waals surface area contributed by atoms with Gasteiger partial charge in [0.1, 0.15) is 0 Å². The molecule has 3 heterocycles. The van der Waals surface area contributed by atoms with Crippen LogP contribution in [0.4, 0.5) is 10.2 Å². The highest BCUT2D eigenvalue weighted by Crippen LogP contribution is 2.31. The number of anilines is 1. The molecule has 3 rings (SSSR count). The average Bonchev–Trinajstić information content (AvgIpc) is 2.99. The third kappa shape index (κ3) is 2.53. The van der Waals surface area contributed by atoms with Crippen LogP contribution in [0.1, 0.15) is 30.1 Å². The molecule has 0 spiro atoms. The highest BCUT2D eigenvalue weighted by Gasteiger charge is 2.33. The Balaban J connectivity index is 1.75. The zero-order valence-corrected chi connectivity index (χ0v) is 11.9. The van der Waals surface area contributed by atoms with Gasteiger partial charge in [-0.1, -0.05) is 0 Å². The highest BCUT2D eigenvalue weighted by atomic mass is 19.1. The van der Waals surface area contributed by atoms with Crippen molar-refractivity contribution in [2.45, 2.75) is 25.3 Å². The number of aldehydes is 1. The van der Waals surface area contributed by atoms with Crippen LogP contribution in [0.15, 0.2) is 30.7 Å². The summed E-state index contributed by atoms with van der Waals surface area (Å²) in [7, 11) is 0. The van der Waals surface area contributed by atoms with E-state index >= 15 is 0 Å². The lowest BCUT2D eigenvalue weighted by molar-refractivity contribution is 0.112. The topological polar surface area (TPSA) is 51.0 Å². The molecule has 110 valence electrons. The van der Waals surface area contributed by atoms with E-state index in [4.69, 9.17) is 0 Å². The standard InChI is InChI=1S/C15H17FN4O/c1-15(20-10-12(11-21)9-18-20)4-7-19(8-5-15)14-13(16)3-2-6-17-14/h2-3,6,9-11H,4-5,7-8H2,1H3. The van der Waals surface area contributed by atoms with Gasteiger partial charge in [0.05, 0.1) is 17.3 Å². The third-order valence-corrected chi connectivity index (χ3v) is 4.17. The van der Waals surface area contributed by atoms with Gasteiger partial charge in [0, 0.05) is 25.5 Å². The largest absolute Gasteiger partial charge is 0.354 e. The maximum absolute atomic E-state index is 13.8. The summed E-state index contributed by atoms with van der Waals surface area (Å²) in [6.45, 7) is 3.53. The van der Waals surface area contributed by atoms with Crippen LogP contribution in [0.25, 0.3) is 0 Å². The van der Waals surface area contributed by atoms with Crippen molar-refractivity contribution in [2.24, 2.45) is 0 Å². The van der Waals surface area contributed by atoms with E-state index < -0.39 is 0 Å². The van der Waals surface area contributed by atoms with Crippen LogP contribution < -0.4 is 4.90 Å². The number of carbonyl (C=O) groups is 1. The van der Waals surface area contributed by atoms with E-state index in [1.165, 1.54) is 6.07 Å². The van der Waals surface area contributed by atoms with E-state index in [0.29, 0.717) is 24.5 Å². The predicted octanol–water partition coefficient (Wildman–Crippen LogP) is 2.25. The molecule has 0 saturated carbocycles. The number of piperidine rings is 1. The fourth-order valence-corrected chi connectivity index (χ4v) is 2.73. The molecule has 2 aromatic rings. The van der Waals surface area contributed by atoms with Crippen LogP contribution in [-0.4, -0.2) is 34.1 Å². The van der Waals surface area contributed by atoms with Gasteiger partial charge in [-0.15, -0.1) is 0 Å². The zero-order chi connectivity index (χ0) is 14.9. The number of hydrogen-bond donors (Lipinski definition) is 0. The molecule has 0 amide bonds. The normalized spacial score (nSPS) is 17.7. The number of nitrogens with zero attached hydrogens (tertiary/aromatic N) is 4. The molecule has 1 saturated heterocycles. The van der Waals surface area contributed by atoms with Gasteiger partial charge in [-0.25, -0.2) is 9.37 Å². The van der Waals surface area contributed by atoms with Crippen molar-refractivity contribution in [1.82, 2.24) is 14.8 Å². The molecule has 2 aromatic heterocycles. The first-order chi connectivity index (χ1) is 10.1. The van der Waals surface area contributed by atoms with Crippen LogP contribution in [-0.2, 0) is 5.54 Å². The fraction of sp³-hybridized carbons (Fsp3) is 0.400. The molecule has 0 aliphatic carbocycles. The average molecular weight is 288 g/mol. The molecule has 5 nitrogen and oxygen atoms in total. The predicted molar refractivity (Wildman–Crippen MR) is 76.9 cm³/mol. The highest BCUT2D eigenvalue weighted by molar-refractivity contribution is 5.73. The maximum atomic E-state index is 13.8. The van der Waals surface area contributed by atoms with Crippen molar-refractivity contribution in [2.75, 3.05) is 18.0 Å². The minimum Gasteiger partial charge on any atom is -0.354 e. The van der Waals surface area contributed by atoms with E-state index in [-0.39, 0.29) is 11.4 Å². The van der Waals surface area contributed by atoms with Gasteiger partial charge in [0.25, 0.3) is 0 Å². The fourth-order valence-electron chi connectivity index (χ4n) is 2.73. The molecule has 1 aliphatic rings. The number of pyridine rings is 1. The molecule has 21 heavy (non-hydrogen) atoms. The monoisotopic (exact) mass is 288 g/mol. The van der Waals surface area contributed by atoms with E-state index in [1.807, 2.05) is 9.58 Å². The molecule has 0 bridgehead atoms. The first-order valence-electron chi connectivity index (χ1n) is 6.98. The summed E-state index contributed by atoms with van der Waals surface area (Å²) in [5.74, 6) is 0.122. The van der Waals surface area contributed by atoms with Crippen molar-refractivity contribution in [3.63, 3.8) is 0 Å². The molecule has 0 aromatic carbocycles. The molecule has 0 unspecified atom stereocenters. The number of carbonyl (C=O) groups excluding carboxylic acids is 1. The van der Waals surface area contributed by atoms with Crippen molar-refractivity contribution >= 4 is 12.1 Å². The van der Waals surface area contributed by atoms with Crippen LogP contribution in [0.2, 0.25) is 0 Å². The summed E-state index contributed by atoms with van der Waals surface area (Å²) >= 11 is 0. The Hall–Kier alpha value is -2.24. The summed E-state index contributed by atoms with van der Waals surface area (Å²) in [4.78, 5) is 16.9. The summed E-state index contributed by atoms with van der Waals surface area (Å²) < 4.78 is 15.6. The third-order valence-electron chi connectivity index (χ3n) is 4.17. The minimum absolute atomic E-state index is 0.150. The van der Waals surface area contributed by atoms with Gasteiger partial charge in [0.2, 0.25) is 0 Å². The summed E-state index contributed by atoms with van der Waals surface area (Å²) in [5.41, 5.74) is 0.428. The maximum Gasteiger partial charge on any atom is 0.165 e. The second-order valence-corrected chi connectivity index (χ2v) is 5.63. The first kappa shape index (κ1) is 13.7. The molecular formula is C15H17FN4O. The Morgan fingerprint density at radius 1 is 1.38 bits per heavy atom. The number of rotatable bonds is 3. The van der Waals surface area contributed by atoms with E-state index in [2.05, 4.69) is 17.0 Å². The summed E-state index contributed by atoms with van der Waals surface area (Å²) in [5, 5.41) is 4.27. The molecule has 0 radical (unpaired) electrons. The molecule has 1 fully saturated rings. The van der Waals surface area contributed by atoms with Gasteiger partial charge in [0.15, 0.2) is 17.9 Å². The quantitative estimate of drug-likeness (QED) is 0.813. The van der Waals surface area contributed by atoms with Crippen LogP contribution in [0.3, 0.4) is 0 Å². The summed E-state index contributed by atoms with van der Waals surface area (Å²) in [6.07, 6.45) is 7.39. The van der Waals surface area contributed by atoms with Crippen LogP contribution in [0, 0.1) is 5.82 Å². The Morgan fingerprint density at radius 3 is 2.76 bits per heavy atom. The second kappa shape index (κ2) is 5.27. The molecule has 0 atom stereocenters. The van der Waals surface area contributed by atoms with E-state index in [9.17, 15) is 9.18 Å². The first-order valence-corrected chi connectivity index (χ1v) is 6.98. The number of aromatic nitrogens is 3. The van der Waals surface area contributed by atoms with Crippen LogP contribution >= 0.6 is 0 Å². The summed E-state index contributed by atoms with van der Waals surface area (Å²) in [6, 6.07) is 3.03. The Morgan fingerprint density at radius 2 is 2.14 bits per heavy atom. The van der Waals surface area contributed by atoms with Crippen LogP contribution in [0.5, 0.6) is 0 Å². The smallest absolute Gasteiger partial charge is 0.165 e. The Bertz CT molecular complexity index is 647. The number of hydrogen-bond acceptors (Lipinski definition) is 4. The zero-order valence-electron chi connectivity index (χ0n) is 11.9. The Kier molecular flexibility index (Phi) is 3.45. The van der Waals surface area contributed by atoms with Crippen molar-refractivity contribution in [3.8, 4) is 0 Å². The lowest BCUT2D eigenvalue weighted by Gasteiger charge is -2.40. The molecule has 0 N–H and O–H groups in total. The second-order valence-electron chi connectivity index (χ2n) is 5.63. The van der Waals surface area contributed by atoms with Gasteiger partial charge in [-0.2, -0.15) is 5.10 Å². The number of halogens is 1. The van der Waals surface area contributed by atoms with Crippen molar-refractivity contribution in [3.05, 3.63) is 42.1 Å². The molecule has 1 aliphatic heterocycles. The van der Waals surface area contributed by atoms with Gasteiger partial charge in [-0.3, -0.25) is 9.48 Å². The van der Waals surface area contributed by atoms with E-state index in [1.54, 1.807) is 24.7 Å². The van der Waals surface area contributed by atoms with E-state index in [0.717, 1.165) is 19.1 Å². The molecular weight excluding hydrogens is 271 g/mol. The molecule has 6 heteroatoms. The lowest BCUT2D eigenvalue weighted by atomic mass is 9.90. The minimum atomic E-state index is -0.288. The van der Waals surface area contributed by atoms with Crippen molar-refractivity contribution < 1.29 is 9.18 Å². The lowest BCUT2D eigenvalue weighted by Crippen LogP contribution is -2.45. The van der Waals surface area contributed by atoms with Gasteiger partial charge < -0.3 is 4.90 Å². The van der Waals surface area contributed by atoms with Gasteiger partial charge >= 0.3 is 0 Å². The Labute approximate surface area is 122 Å². The van der Waals surface area contributed by atoms with Crippen molar-refractivity contribution in [1.29, 1.82) is 0 Å². The van der Waals surface area contributed by atoms with Gasteiger partial charge in [-0.05, 0) is 31.9 Å².